The Labute approximate surface area is 156 Å². The molecule has 2 heterocycles. The summed E-state index contributed by atoms with van der Waals surface area (Å²) in [5, 5.41) is 1.30. The second-order valence-electron chi connectivity index (χ2n) is 7.70. The molecule has 0 amide bonds. The zero-order valence-electron chi connectivity index (χ0n) is 15.7. The van der Waals surface area contributed by atoms with Crippen molar-refractivity contribution >= 4 is 10.9 Å². The second kappa shape index (κ2) is 8.01. The minimum atomic E-state index is 0.857. The van der Waals surface area contributed by atoms with Crippen molar-refractivity contribution in [2.45, 2.75) is 32.6 Å². The first-order valence-corrected chi connectivity index (χ1v) is 9.96. The third-order valence-corrected chi connectivity index (χ3v) is 5.53. The van der Waals surface area contributed by atoms with E-state index in [-0.39, 0.29) is 0 Å². The second-order valence-corrected chi connectivity index (χ2v) is 7.70. The summed E-state index contributed by atoms with van der Waals surface area (Å²) in [4.78, 5) is 7.55. The fraction of sp³-hybridized carbons (Fsp3) is 0.375. The van der Waals surface area contributed by atoms with Gasteiger partial charge in [0, 0.05) is 17.5 Å². The van der Waals surface area contributed by atoms with Gasteiger partial charge in [0.05, 0.1) is 11.2 Å². The number of para-hydroxylation sites is 1. The maximum absolute atomic E-state index is 4.90. The van der Waals surface area contributed by atoms with Crippen molar-refractivity contribution in [3.05, 3.63) is 66.2 Å². The van der Waals surface area contributed by atoms with Gasteiger partial charge in [0.25, 0.3) is 0 Å². The van der Waals surface area contributed by atoms with E-state index in [0.29, 0.717) is 0 Å². The lowest BCUT2D eigenvalue weighted by Gasteiger charge is -2.30. The molecule has 1 saturated heterocycles. The van der Waals surface area contributed by atoms with E-state index in [4.69, 9.17) is 4.98 Å². The van der Waals surface area contributed by atoms with Gasteiger partial charge in [-0.15, -0.1) is 0 Å². The molecule has 2 aromatic carbocycles. The Morgan fingerprint density at radius 2 is 1.85 bits per heavy atom. The van der Waals surface area contributed by atoms with Crippen molar-refractivity contribution in [1.29, 1.82) is 0 Å². The van der Waals surface area contributed by atoms with Crippen LogP contribution in [-0.2, 0) is 6.42 Å². The van der Waals surface area contributed by atoms with Crippen molar-refractivity contribution in [2.24, 2.45) is 5.92 Å². The summed E-state index contributed by atoms with van der Waals surface area (Å²) in [5.74, 6) is 0.857. The minimum Gasteiger partial charge on any atom is -0.303 e. The molecule has 2 heteroatoms. The van der Waals surface area contributed by atoms with Crippen LogP contribution in [-0.4, -0.2) is 29.5 Å². The highest BCUT2D eigenvalue weighted by Gasteiger charge is 2.16. The highest BCUT2D eigenvalue weighted by Crippen LogP contribution is 2.26. The number of pyridine rings is 1. The predicted molar refractivity (Wildman–Crippen MR) is 110 cm³/mol. The molecule has 26 heavy (non-hydrogen) atoms. The van der Waals surface area contributed by atoms with Crippen LogP contribution in [0.2, 0.25) is 0 Å². The SMILES string of the molecule is CC1CCCN(CCCc2cc(-c3ccccc3)nc3ccccc23)C1. The highest BCUT2D eigenvalue weighted by atomic mass is 15.1. The van der Waals surface area contributed by atoms with Crippen LogP contribution >= 0.6 is 0 Å². The molecular formula is C24H28N2. The van der Waals surface area contributed by atoms with Gasteiger partial charge in [-0.25, -0.2) is 4.98 Å². The lowest BCUT2D eigenvalue weighted by molar-refractivity contribution is 0.182. The van der Waals surface area contributed by atoms with Gasteiger partial charge < -0.3 is 4.90 Å². The summed E-state index contributed by atoms with van der Waals surface area (Å²) in [6.45, 7) is 6.14. The first-order valence-electron chi connectivity index (χ1n) is 9.96. The van der Waals surface area contributed by atoms with E-state index < -0.39 is 0 Å². The van der Waals surface area contributed by atoms with E-state index in [1.807, 2.05) is 0 Å². The van der Waals surface area contributed by atoms with Crippen LogP contribution < -0.4 is 0 Å². The molecule has 134 valence electrons. The summed E-state index contributed by atoms with van der Waals surface area (Å²) in [6.07, 6.45) is 5.09. The van der Waals surface area contributed by atoms with E-state index in [1.165, 1.54) is 55.4 Å². The molecule has 0 spiro atoms. The monoisotopic (exact) mass is 344 g/mol. The third-order valence-electron chi connectivity index (χ3n) is 5.53. The smallest absolute Gasteiger partial charge is 0.0712 e. The molecule has 1 fully saturated rings. The molecular weight excluding hydrogens is 316 g/mol. The minimum absolute atomic E-state index is 0.857. The Kier molecular flexibility index (Phi) is 5.31. The zero-order chi connectivity index (χ0) is 17.8. The van der Waals surface area contributed by atoms with Crippen LogP contribution in [0.1, 0.15) is 31.7 Å². The standard InChI is InChI=1S/C24H28N2/c1-19-9-7-15-26(18-19)16-8-12-21-17-24(20-10-3-2-4-11-20)25-23-14-6-5-13-22(21)23/h2-6,10-11,13-14,17,19H,7-9,12,15-16,18H2,1H3. The van der Waals surface area contributed by atoms with Crippen LogP contribution in [0.25, 0.3) is 22.2 Å². The number of aromatic nitrogens is 1. The molecule has 1 aliphatic rings. The summed E-state index contributed by atoms with van der Waals surface area (Å²) < 4.78 is 0. The Bertz CT molecular complexity index is 856. The van der Waals surface area contributed by atoms with Crippen LogP contribution in [0.15, 0.2) is 60.7 Å². The van der Waals surface area contributed by atoms with E-state index in [1.54, 1.807) is 0 Å². The Morgan fingerprint density at radius 1 is 1.04 bits per heavy atom. The first kappa shape index (κ1) is 17.2. The molecule has 0 radical (unpaired) electrons. The van der Waals surface area contributed by atoms with Gasteiger partial charge in [0.2, 0.25) is 0 Å². The highest BCUT2D eigenvalue weighted by molar-refractivity contribution is 5.85. The number of piperidine rings is 1. The summed E-state index contributed by atoms with van der Waals surface area (Å²) in [6, 6.07) is 21.4. The Balaban J connectivity index is 1.55. The molecule has 0 saturated carbocycles. The van der Waals surface area contributed by atoms with Gasteiger partial charge in [-0.05, 0) is 62.4 Å². The molecule has 1 aliphatic heterocycles. The van der Waals surface area contributed by atoms with Gasteiger partial charge >= 0.3 is 0 Å². The predicted octanol–water partition coefficient (Wildman–Crippen LogP) is 5.57. The molecule has 1 aromatic heterocycles. The molecule has 3 aromatic rings. The largest absolute Gasteiger partial charge is 0.303 e. The molecule has 1 atom stereocenters. The number of fused-ring (bicyclic) bond motifs is 1. The number of hydrogen-bond acceptors (Lipinski definition) is 2. The van der Waals surface area contributed by atoms with Crippen LogP contribution in [0.3, 0.4) is 0 Å². The molecule has 0 N–H and O–H groups in total. The maximum atomic E-state index is 4.90. The quantitative estimate of drug-likeness (QED) is 0.602. The van der Waals surface area contributed by atoms with Crippen molar-refractivity contribution in [2.75, 3.05) is 19.6 Å². The van der Waals surface area contributed by atoms with Crippen molar-refractivity contribution in [1.82, 2.24) is 9.88 Å². The van der Waals surface area contributed by atoms with Crippen LogP contribution in [0.4, 0.5) is 0 Å². The zero-order valence-corrected chi connectivity index (χ0v) is 15.7. The van der Waals surface area contributed by atoms with Gasteiger partial charge in [-0.1, -0.05) is 55.5 Å². The Morgan fingerprint density at radius 3 is 2.69 bits per heavy atom. The Hall–Kier alpha value is -2.19. The number of rotatable bonds is 5. The summed E-state index contributed by atoms with van der Waals surface area (Å²) in [7, 11) is 0. The van der Waals surface area contributed by atoms with Gasteiger partial charge in [0.1, 0.15) is 0 Å². The number of nitrogens with zero attached hydrogens (tertiary/aromatic N) is 2. The lowest BCUT2D eigenvalue weighted by Crippen LogP contribution is -2.35. The molecule has 1 unspecified atom stereocenters. The number of benzene rings is 2. The molecule has 4 rings (SSSR count). The summed E-state index contributed by atoms with van der Waals surface area (Å²) in [5.41, 5.74) is 4.82. The topological polar surface area (TPSA) is 16.1 Å². The number of aryl methyl sites for hydroxylation is 1. The maximum Gasteiger partial charge on any atom is 0.0712 e. The van der Waals surface area contributed by atoms with Gasteiger partial charge in [-0.3, -0.25) is 0 Å². The summed E-state index contributed by atoms with van der Waals surface area (Å²) >= 11 is 0. The van der Waals surface area contributed by atoms with Crippen molar-refractivity contribution < 1.29 is 0 Å². The number of likely N-dealkylation sites (tertiary alicyclic amines) is 1. The van der Waals surface area contributed by atoms with E-state index >= 15 is 0 Å². The van der Waals surface area contributed by atoms with E-state index in [9.17, 15) is 0 Å². The van der Waals surface area contributed by atoms with E-state index in [2.05, 4.69) is 72.5 Å². The first-order chi connectivity index (χ1) is 12.8. The molecule has 0 bridgehead atoms. The van der Waals surface area contributed by atoms with E-state index in [0.717, 1.165) is 23.5 Å². The number of hydrogen-bond donors (Lipinski definition) is 0. The molecule has 0 aliphatic carbocycles. The average molecular weight is 345 g/mol. The van der Waals surface area contributed by atoms with Crippen molar-refractivity contribution in [3.63, 3.8) is 0 Å². The molecule has 2 nitrogen and oxygen atoms in total. The lowest BCUT2D eigenvalue weighted by atomic mass is 9.98. The van der Waals surface area contributed by atoms with Gasteiger partial charge in [-0.2, -0.15) is 0 Å². The fourth-order valence-electron chi connectivity index (χ4n) is 4.19. The van der Waals surface area contributed by atoms with Crippen LogP contribution in [0, 0.1) is 5.92 Å². The average Bonchev–Trinajstić information content (AvgIpc) is 2.68. The fourth-order valence-corrected chi connectivity index (χ4v) is 4.19. The van der Waals surface area contributed by atoms with Crippen molar-refractivity contribution in [3.8, 4) is 11.3 Å². The third kappa shape index (κ3) is 3.96. The normalized spacial score (nSPS) is 18.3. The van der Waals surface area contributed by atoms with Gasteiger partial charge in [0.15, 0.2) is 0 Å². The van der Waals surface area contributed by atoms with Crippen LogP contribution in [0.5, 0.6) is 0 Å².